The van der Waals surface area contributed by atoms with Gasteiger partial charge in [-0.2, -0.15) is 4.98 Å². The zero-order chi connectivity index (χ0) is 17.1. The smallest absolute Gasteiger partial charge is 0.240 e. The summed E-state index contributed by atoms with van der Waals surface area (Å²) in [6, 6.07) is 14.0. The summed E-state index contributed by atoms with van der Waals surface area (Å²) >= 11 is 3.08. The van der Waals surface area contributed by atoms with Crippen molar-refractivity contribution < 1.29 is 4.52 Å². The third-order valence-corrected chi connectivity index (χ3v) is 5.41. The Hall–Kier alpha value is -2.52. The number of hydrogen-bond acceptors (Lipinski definition) is 8. The van der Waals surface area contributed by atoms with E-state index in [4.69, 9.17) is 4.52 Å². The van der Waals surface area contributed by atoms with E-state index in [1.165, 1.54) is 11.8 Å². The van der Waals surface area contributed by atoms with Gasteiger partial charge in [0.05, 0.1) is 16.7 Å². The van der Waals surface area contributed by atoms with E-state index in [2.05, 4.69) is 25.7 Å². The standard InChI is InChI=1S/C16H14N6OS2/c1-11(15-17-14(19-23-15)13-8-5-9-24-13)25-16-18-20-21-22(16)10-12-6-3-2-4-7-12/h2-9,11H,10H2,1H3. The van der Waals surface area contributed by atoms with Gasteiger partial charge in [0.15, 0.2) is 0 Å². The van der Waals surface area contributed by atoms with Crippen molar-refractivity contribution in [3.8, 4) is 10.7 Å². The molecule has 0 saturated heterocycles. The molecule has 9 heteroatoms. The molecule has 7 nitrogen and oxygen atoms in total. The second-order valence-electron chi connectivity index (χ2n) is 5.30. The van der Waals surface area contributed by atoms with Crippen molar-refractivity contribution in [2.45, 2.75) is 23.9 Å². The van der Waals surface area contributed by atoms with Crippen LogP contribution in [0.15, 0.2) is 57.5 Å². The Kier molecular flexibility index (Phi) is 4.57. The molecule has 0 aliphatic heterocycles. The first kappa shape index (κ1) is 16.0. The fourth-order valence-electron chi connectivity index (χ4n) is 2.25. The van der Waals surface area contributed by atoms with Gasteiger partial charge in [-0.15, -0.1) is 16.4 Å². The van der Waals surface area contributed by atoms with E-state index in [1.54, 1.807) is 16.0 Å². The van der Waals surface area contributed by atoms with Crippen LogP contribution in [0.25, 0.3) is 10.7 Å². The first-order valence-electron chi connectivity index (χ1n) is 7.64. The van der Waals surface area contributed by atoms with Crippen LogP contribution in [0, 0.1) is 0 Å². The van der Waals surface area contributed by atoms with Gasteiger partial charge in [0, 0.05) is 0 Å². The predicted molar refractivity (Wildman–Crippen MR) is 95.2 cm³/mol. The molecule has 0 spiro atoms. The highest BCUT2D eigenvalue weighted by molar-refractivity contribution is 7.99. The van der Waals surface area contributed by atoms with Crippen molar-refractivity contribution in [3.05, 3.63) is 59.3 Å². The molecule has 4 aromatic rings. The molecule has 25 heavy (non-hydrogen) atoms. The maximum atomic E-state index is 5.40. The largest absolute Gasteiger partial charge is 0.338 e. The van der Waals surface area contributed by atoms with Crippen molar-refractivity contribution in [1.82, 2.24) is 30.3 Å². The van der Waals surface area contributed by atoms with Crippen LogP contribution in [-0.2, 0) is 6.54 Å². The van der Waals surface area contributed by atoms with Gasteiger partial charge in [0.2, 0.25) is 16.9 Å². The summed E-state index contributed by atoms with van der Waals surface area (Å²) in [4.78, 5) is 5.47. The number of thioether (sulfide) groups is 1. The monoisotopic (exact) mass is 370 g/mol. The Bertz CT molecular complexity index is 935. The van der Waals surface area contributed by atoms with Crippen molar-refractivity contribution in [3.63, 3.8) is 0 Å². The summed E-state index contributed by atoms with van der Waals surface area (Å²) in [5.74, 6) is 1.17. The van der Waals surface area contributed by atoms with E-state index in [-0.39, 0.29) is 5.25 Å². The minimum Gasteiger partial charge on any atom is -0.338 e. The van der Waals surface area contributed by atoms with Crippen LogP contribution in [0.3, 0.4) is 0 Å². The molecule has 1 unspecified atom stereocenters. The number of tetrazole rings is 1. The minimum atomic E-state index is -0.0539. The van der Waals surface area contributed by atoms with Crippen LogP contribution in [0.5, 0.6) is 0 Å². The maximum Gasteiger partial charge on any atom is 0.240 e. The van der Waals surface area contributed by atoms with Crippen LogP contribution in [-0.4, -0.2) is 30.3 Å². The molecule has 1 aromatic carbocycles. The molecule has 0 radical (unpaired) electrons. The number of thiophene rings is 1. The molecule has 126 valence electrons. The normalized spacial score (nSPS) is 12.4. The summed E-state index contributed by atoms with van der Waals surface area (Å²) in [6.45, 7) is 2.62. The van der Waals surface area contributed by atoms with E-state index in [0.717, 1.165) is 10.4 Å². The number of nitrogens with zero attached hydrogens (tertiary/aromatic N) is 6. The molecule has 0 fully saturated rings. The Labute approximate surface area is 152 Å². The van der Waals surface area contributed by atoms with Gasteiger partial charge in [0.1, 0.15) is 0 Å². The molecule has 3 aromatic heterocycles. The molecule has 0 aliphatic carbocycles. The molecular formula is C16H14N6OS2. The average molecular weight is 370 g/mol. The third kappa shape index (κ3) is 3.62. The Morgan fingerprint density at radius 3 is 2.88 bits per heavy atom. The molecule has 3 heterocycles. The molecule has 1 atom stereocenters. The second kappa shape index (κ2) is 7.16. The summed E-state index contributed by atoms with van der Waals surface area (Å²) < 4.78 is 7.17. The molecule has 0 bridgehead atoms. The van der Waals surface area contributed by atoms with E-state index < -0.39 is 0 Å². The number of rotatable bonds is 6. The van der Waals surface area contributed by atoms with Crippen LogP contribution in [0.4, 0.5) is 0 Å². The first-order chi connectivity index (χ1) is 12.3. The molecule has 0 aliphatic rings. The van der Waals surface area contributed by atoms with Gasteiger partial charge in [-0.1, -0.05) is 53.3 Å². The molecule has 0 saturated carbocycles. The van der Waals surface area contributed by atoms with Gasteiger partial charge < -0.3 is 4.52 Å². The molecule has 0 amide bonds. The molecule has 4 rings (SSSR count). The van der Waals surface area contributed by atoms with Crippen LogP contribution >= 0.6 is 23.1 Å². The maximum absolute atomic E-state index is 5.40. The highest BCUT2D eigenvalue weighted by atomic mass is 32.2. The second-order valence-corrected chi connectivity index (χ2v) is 7.55. The zero-order valence-corrected chi connectivity index (χ0v) is 14.9. The Morgan fingerprint density at radius 2 is 2.08 bits per heavy atom. The lowest BCUT2D eigenvalue weighted by molar-refractivity contribution is 0.380. The zero-order valence-electron chi connectivity index (χ0n) is 13.3. The topological polar surface area (TPSA) is 82.5 Å². The molecule has 0 N–H and O–H groups in total. The highest BCUT2D eigenvalue weighted by Crippen LogP contribution is 2.33. The Morgan fingerprint density at radius 1 is 1.20 bits per heavy atom. The number of hydrogen-bond donors (Lipinski definition) is 0. The SMILES string of the molecule is CC(Sc1nnnn1Cc1ccccc1)c1nc(-c2cccs2)no1. The van der Waals surface area contributed by atoms with E-state index in [1.807, 2.05) is 54.8 Å². The summed E-state index contributed by atoms with van der Waals surface area (Å²) in [6.07, 6.45) is 0. The van der Waals surface area contributed by atoms with E-state index >= 15 is 0 Å². The van der Waals surface area contributed by atoms with Gasteiger partial charge >= 0.3 is 0 Å². The third-order valence-electron chi connectivity index (χ3n) is 3.49. The molecular weight excluding hydrogens is 356 g/mol. The fraction of sp³-hybridized carbons (Fsp3) is 0.188. The lowest BCUT2D eigenvalue weighted by atomic mass is 10.2. The number of aromatic nitrogens is 6. The summed E-state index contributed by atoms with van der Waals surface area (Å²) in [5, 5.41) is 18.7. The van der Waals surface area contributed by atoms with Crippen LogP contribution in [0.1, 0.15) is 23.6 Å². The van der Waals surface area contributed by atoms with Crippen molar-refractivity contribution >= 4 is 23.1 Å². The summed E-state index contributed by atoms with van der Waals surface area (Å²) in [5.41, 5.74) is 1.14. The first-order valence-corrected chi connectivity index (χ1v) is 9.40. The Balaban J connectivity index is 1.48. The lowest BCUT2D eigenvalue weighted by Crippen LogP contribution is -2.04. The van der Waals surface area contributed by atoms with Crippen LogP contribution in [0.2, 0.25) is 0 Å². The van der Waals surface area contributed by atoms with Crippen LogP contribution < -0.4 is 0 Å². The highest BCUT2D eigenvalue weighted by Gasteiger charge is 2.20. The quantitative estimate of drug-likeness (QED) is 0.479. The predicted octanol–water partition coefficient (Wildman–Crippen LogP) is 3.69. The van der Waals surface area contributed by atoms with Crippen molar-refractivity contribution in [2.75, 3.05) is 0 Å². The van der Waals surface area contributed by atoms with Gasteiger partial charge in [-0.05, 0) is 34.4 Å². The lowest BCUT2D eigenvalue weighted by Gasteiger charge is -2.07. The van der Waals surface area contributed by atoms with Gasteiger partial charge in [-0.3, -0.25) is 0 Å². The fourth-order valence-corrected chi connectivity index (χ4v) is 3.72. The van der Waals surface area contributed by atoms with Gasteiger partial charge in [-0.25, -0.2) is 4.68 Å². The van der Waals surface area contributed by atoms with Crippen molar-refractivity contribution in [1.29, 1.82) is 0 Å². The van der Waals surface area contributed by atoms with Crippen molar-refractivity contribution in [2.24, 2.45) is 0 Å². The minimum absolute atomic E-state index is 0.0539. The summed E-state index contributed by atoms with van der Waals surface area (Å²) in [7, 11) is 0. The number of benzene rings is 1. The van der Waals surface area contributed by atoms with E-state index in [9.17, 15) is 0 Å². The average Bonchev–Trinajstić information content (AvgIpc) is 3.38. The van der Waals surface area contributed by atoms with Gasteiger partial charge in [0.25, 0.3) is 0 Å². The van der Waals surface area contributed by atoms with E-state index in [0.29, 0.717) is 23.4 Å².